The molecule has 1 aliphatic carbocycles. The number of anilines is 1. The van der Waals surface area contributed by atoms with Gasteiger partial charge in [0.05, 0.1) is 0 Å². The van der Waals surface area contributed by atoms with E-state index < -0.39 is 0 Å². The molecule has 0 saturated heterocycles. The van der Waals surface area contributed by atoms with Gasteiger partial charge in [0.1, 0.15) is 5.75 Å². The minimum absolute atomic E-state index is 0.405. The van der Waals surface area contributed by atoms with Gasteiger partial charge in [0.15, 0.2) is 0 Å². The first-order chi connectivity index (χ1) is 8.83. The molecule has 18 heavy (non-hydrogen) atoms. The maximum Gasteiger partial charge on any atom is 0.116 e. The Balaban J connectivity index is 1.59. The zero-order valence-corrected chi connectivity index (χ0v) is 11.1. The lowest BCUT2D eigenvalue weighted by Gasteiger charge is -2.25. The van der Waals surface area contributed by atoms with Crippen LogP contribution in [0.2, 0.25) is 0 Å². The second-order valence-electron chi connectivity index (χ2n) is 5.84. The molecule has 2 heteroatoms. The second kappa shape index (κ2) is 5.21. The summed E-state index contributed by atoms with van der Waals surface area (Å²) in [6.07, 6.45) is 9.65. The highest BCUT2D eigenvalue weighted by molar-refractivity contribution is 5.59. The third kappa shape index (κ3) is 2.47. The van der Waals surface area contributed by atoms with E-state index in [1.54, 1.807) is 0 Å². The van der Waals surface area contributed by atoms with E-state index in [4.69, 9.17) is 0 Å². The molecule has 1 aromatic carbocycles. The Kier molecular flexibility index (Phi) is 3.44. The summed E-state index contributed by atoms with van der Waals surface area (Å²) in [6, 6.07) is 5.83. The van der Waals surface area contributed by atoms with E-state index in [2.05, 4.69) is 11.0 Å². The van der Waals surface area contributed by atoms with Crippen LogP contribution in [0.3, 0.4) is 0 Å². The number of hydrogen-bond donors (Lipinski definition) is 1. The van der Waals surface area contributed by atoms with E-state index >= 15 is 0 Å². The van der Waals surface area contributed by atoms with Crippen molar-refractivity contribution >= 4 is 5.69 Å². The smallest absolute Gasteiger partial charge is 0.116 e. The minimum atomic E-state index is 0.405. The average molecular weight is 245 g/mol. The molecule has 2 aliphatic rings. The Morgan fingerprint density at radius 3 is 2.83 bits per heavy atom. The van der Waals surface area contributed by atoms with Gasteiger partial charge in [-0.05, 0) is 42.5 Å². The van der Waals surface area contributed by atoms with E-state index in [9.17, 15) is 5.11 Å². The van der Waals surface area contributed by atoms with Crippen molar-refractivity contribution in [3.63, 3.8) is 0 Å². The molecular weight excluding hydrogens is 222 g/mol. The van der Waals surface area contributed by atoms with Gasteiger partial charge < -0.3 is 10.0 Å². The molecule has 0 spiro atoms. The van der Waals surface area contributed by atoms with Crippen molar-refractivity contribution < 1.29 is 5.11 Å². The minimum Gasteiger partial charge on any atom is -0.508 e. The lowest BCUT2D eigenvalue weighted by Crippen LogP contribution is -2.24. The Bertz CT molecular complexity index is 410. The third-order valence-electron chi connectivity index (χ3n) is 4.59. The van der Waals surface area contributed by atoms with Gasteiger partial charge in [0.2, 0.25) is 0 Å². The van der Waals surface area contributed by atoms with Crippen LogP contribution in [-0.4, -0.2) is 18.2 Å². The van der Waals surface area contributed by atoms with Crippen molar-refractivity contribution in [1.82, 2.24) is 0 Å². The van der Waals surface area contributed by atoms with Gasteiger partial charge in [-0.2, -0.15) is 0 Å². The number of phenolic OH excluding ortho intramolecular Hbond substituents is 1. The highest BCUT2D eigenvalue weighted by Gasteiger charge is 2.21. The molecule has 1 fully saturated rings. The maximum absolute atomic E-state index is 9.50. The number of rotatable bonds is 3. The van der Waals surface area contributed by atoms with Crippen molar-refractivity contribution in [1.29, 1.82) is 0 Å². The van der Waals surface area contributed by atoms with Crippen LogP contribution in [-0.2, 0) is 6.42 Å². The van der Waals surface area contributed by atoms with Gasteiger partial charge >= 0.3 is 0 Å². The molecule has 0 bridgehead atoms. The first kappa shape index (κ1) is 11.9. The number of aromatic hydroxyl groups is 1. The normalized spacial score (nSPS) is 20.1. The fraction of sp³-hybridized carbons (Fsp3) is 0.625. The highest BCUT2D eigenvalue weighted by atomic mass is 16.3. The van der Waals surface area contributed by atoms with Gasteiger partial charge in [-0.1, -0.05) is 32.1 Å². The van der Waals surface area contributed by atoms with Crippen LogP contribution >= 0.6 is 0 Å². The van der Waals surface area contributed by atoms with Crippen LogP contribution < -0.4 is 4.90 Å². The van der Waals surface area contributed by atoms with Crippen LogP contribution in [0.15, 0.2) is 18.2 Å². The summed E-state index contributed by atoms with van der Waals surface area (Å²) in [5.41, 5.74) is 2.67. The quantitative estimate of drug-likeness (QED) is 0.877. The Morgan fingerprint density at radius 1 is 1.17 bits per heavy atom. The highest BCUT2D eigenvalue weighted by Crippen LogP contribution is 2.32. The fourth-order valence-electron chi connectivity index (χ4n) is 3.50. The monoisotopic (exact) mass is 245 g/mol. The largest absolute Gasteiger partial charge is 0.508 e. The van der Waals surface area contributed by atoms with Crippen LogP contribution in [0.1, 0.15) is 44.1 Å². The van der Waals surface area contributed by atoms with E-state index in [1.807, 2.05) is 12.1 Å². The van der Waals surface area contributed by atoms with Crippen LogP contribution in [0.5, 0.6) is 5.75 Å². The van der Waals surface area contributed by atoms with Crippen molar-refractivity contribution in [3.05, 3.63) is 23.8 Å². The van der Waals surface area contributed by atoms with Crippen LogP contribution in [0, 0.1) is 5.92 Å². The number of phenols is 1. The molecule has 0 unspecified atom stereocenters. The standard InChI is InChI=1S/C16H23NO/c18-15-6-7-16-14(12-15)9-11-17(16)10-8-13-4-2-1-3-5-13/h6-7,12-13,18H,1-5,8-11H2. The molecule has 98 valence electrons. The number of nitrogens with zero attached hydrogens (tertiary/aromatic N) is 1. The molecule has 0 amide bonds. The molecular formula is C16H23NO. The van der Waals surface area contributed by atoms with Crippen molar-refractivity contribution in [3.8, 4) is 5.75 Å². The molecule has 2 nitrogen and oxygen atoms in total. The van der Waals surface area contributed by atoms with Crippen LogP contribution in [0.4, 0.5) is 5.69 Å². The summed E-state index contributed by atoms with van der Waals surface area (Å²) in [4.78, 5) is 2.50. The Morgan fingerprint density at radius 2 is 2.00 bits per heavy atom. The van der Waals surface area contributed by atoms with E-state index in [0.717, 1.165) is 18.9 Å². The van der Waals surface area contributed by atoms with E-state index in [-0.39, 0.29) is 0 Å². The summed E-state index contributed by atoms with van der Waals surface area (Å²) in [5.74, 6) is 1.36. The topological polar surface area (TPSA) is 23.5 Å². The zero-order valence-electron chi connectivity index (χ0n) is 11.1. The van der Waals surface area contributed by atoms with Crippen LogP contribution in [0.25, 0.3) is 0 Å². The summed E-state index contributed by atoms with van der Waals surface area (Å²) < 4.78 is 0. The molecule has 1 heterocycles. The van der Waals surface area contributed by atoms with Gasteiger partial charge in [-0.15, -0.1) is 0 Å². The van der Waals surface area contributed by atoms with Crippen molar-refractivity contribution in [2.45, 2.75) is 44.9 Å². The van der Waals surface area contributed by atoms with Gasteiger partial charge in [0.25, 0.3) is 0 Å². The number of hydrogen-bond acceptors (Lipinski definition) is 2. The summed E-state index contributed by atoms with van der Waals surface area (Å²) in [6.45, 7) is 2.33. The molecule has 0 atom stereocenters. The lowest BCUT2D eigenvalue weighted by molar-refractivity contribution is 0.340. The first-order valence-electron chi connectivity index (χ1n) is 7.40. The third-order valence-corrected chi connectivity index (χ3v) is 4.59. The molecule has 1 N–H and O–H groups in total. The summed E-state index contributed by atoms with van der Waals surface area (Å²) in [7, 11) is 0. The second-order valence-corrected chi connectivity index (χ2v) is 5.84. The Labute approximate surface area is 110 Å². The van der Waals surface area contributed by atoms with Crippen molar-refractivity contribution in [2.75, 3.05) is 18.0 Å². The number of benzene rings is 1. The van der Waals surface area contributed by atoms with Gasteiger partial charge in [0, 0.05) is 18.8 Å². The molecule has 3 rings (SSSR count). The first-order valence-corrected chi connectivity index (χ1v) is 7.40. The summed E-state index contributed by atoms with van der Waals surface area (Å²) >= 11 is 0. The summed E-state index contributed by atoms with van der Waals surface area (Å²) in [5, 5.41) is 9.50. The molecule has 1 saturated carbocycles. The molecule has 0 aromatic heterocycles. The SMILES string of the molecule is Oc1ccc2c(c1)CCN2CCC1CCCCC1. The maximum atomic E-state index is 9.50. The van der Waals surface area contributed by atoms with E-state index in [1.165, 1.54) is 56.3 Å². The molecule has 1 aliphatic heterocycles. The van der Waals surface area contributed by atoms with Crippen molar-refractivity contribution in [2.24, 2.45) is 5.92 Å². The fourth-order valence-corrected chi connectivity index (χ4v) is 3.50. The van der Waals surface area contributed by atoms with Gasteiger partial charge in [-0.3, -0.25) is 0 Å². The van der Waals surface area contributed by atoms with E-state index in [0.29, 0.717) is 5.75 Å². The predicted molar refractivity (Wildman–Crippen MR) is 75.2 cm³/mol. The molecule has 1 aromatic rings. The lowest BCUT2D eigenvalue weighted by atomic mass is 9.87. The Hall–Kier alpha value is -1.18. The van der Waals surface area contributed by atoms with Gasteiger partial charge in [-0.25, -0.2) is 0 Å². The zero-order chi connectivity index (χ0) is 12.4. The predicted octanol–water partition coefficient (Wildman–Crippen LogP) is 3.73. The average Bonchev–Trinajstić information content (AvgIpc) is 2.80. The molecule has 0 radical (unpaired) electrons. The number of fused-ring (bicyclic) bond motifs is 1.